The summed E-state index contributed by atoms with van der Waals surface area (Å²) in [6.45, 7) is 0. The second kappa shape index (κ2) is 3.99. The van der Waals surface area contributed by atoms with Gasteiger partial charge in [0.05, 0.1) is 4.90 Å². The van der Waals surface area contributed by atoms with Crippen LogP contribution in [0.5, 0.6) is 0 Å². The first-order chi connectivity index (χ1) is 6.07. The van der Waals surface area contributed by atoms with Crippen LogP contribution in [0.15, 0.2) is 11.0 Å². The Morgan fingerprint density at radius 3 is 2.46 bits per heavy atom. The summed E-state index contributed by atoms with van der Waals surface area (Å²) in [5, 5.41) is 9.31. The van der Waals surface area contributed by atoms with E-state index in [2.05, 4.69) is 0 Å². The molecule has 0 aliphatic heterocycles. The molecular formula is C7H3F3NPS. The largest absolute Gasteiger partial charge is 0.205 e. The van der Waals surface area contributed by atoms with Gasteiger partial charge in [0, 0.05) is 5.30 Å². The summed E-state index contributed by atoms with van der Waals surface area (Å²) in [5.74, 6) is -3.33. The fourth-order valence-electron chi connectivity index (χ4n) is 0.723. The van der Waals surface area contributed by atoms with Crippen LogP contribution in [-0.4, -0.2) is 0 Å². The van der Waals surface area contributed by atoms with E-state index in [-0.39, 0.29) is 4.90 Å². The number of nitriles is 1. The second-order valence-electron chi connectivity index (χ2n) is 2.09. The number of nitrogens with zero attached hydrogens (tertiary/aromatic N) is 1. The van der Waals surface area contributed by atoms with E-state index < -0.39 is 22.8 Å². The Morgan fingerprint density at radius 2 is 1.92 bits per heavy atom. The highest BCUT2D eigenvalue weighted by atomic mass is 32.2. The minimum atomic E-state index is -1.25. The topological polar surface area (TPSA) is 23.8 Å². The van der Waals surface area contributed by atoms with Gasteiger partial charge < -0.3 is 0 Å². The molecule has 0 aromatic heterocycles. The van der Waals surface area contributed by atoms with Crippen molar-refractivity contribution in [3.63, 3.8) is 0 Å². The molecule has 1 atom stereocenters. The molecule has 0 aliphatic rings. The zero-order valence-corrected chi connectivity index (χ0v) is 8.12. The van der Waals surface area contributed by atoms with Crippen LogP contribution in [0, 0.1) is 28.1 Å². The van der Waals surface area contributed by atoms with E-state index in [1.165, 1.54) is 0 Å². The van der Waals surface area contributed by atoms with Crippen LogP contribution in [0.4, 0.5) is 13.2 Å². The molecule has 0 radical (unpaired) electrons. The van der Waals surface area contributed by atoms with Crippen molar-refractivity contribution in [2.75, 3.05) is 0 Å². The number of hydrogen-bond donors (Lipinski definition) is 0. The summed E-state index contributed by atoms with van der Waals surface area (Å²) in [7, 11) is 1.75. The minimum Gasteiger partial charge on any atom is -0.205 e. The third kappa shape index (κ3) is 1.96. The van der Waals surface area contributed by atoms with Crippen LogP contribution in [-0.2, 0) is 0 Å². The zero-order valence-electron chi connectivity index (χ0n) is 6.14. The van der Waals surface area contributed by atoms with Crippen LogP contribution in [0.3, 0.4) is 0 Å². The highest BCUT2D eigenvalue weighted by Gasteiger charge is 2.15. The maximum absolute atomic E-state index is 13.0. The SMILES string of the molecule is N#CSc1cc(F)c(F)c(P)c1F. The van der Waals surface area contributed by atoms with E-state index in [1.54, 1.807) is 14.6 Å². The van der Waals surface area contributed by atoms with E-state index in [1.807, 2.05) is 0 Å². The van der Waals surface area contributed by atoms with Crippen molar-refractivity contribution in [1.82, 2.24) is 0 Å². The smallest absolute Gasteiger partial charge is 0.168 e. The van der Waals surface area contributed by atoms with Gasteiger partial charge in [-0.1, -0.05) is 9.24 Å². The molecule has 0 aliphatic carbocycles. The molecule has 1 unspecified atom stereocenters. The van der Waals surface area contributed by atoms with Crippen LogP contribution >= 0.6 is 21.0 Å². The maximum Gasteiger partial charge on any atom is 0.168 e. The molecule has 0 saturated heterocycles. The van der Waals surface area contributed by atoms with Gasteiger partial charge in [-0.05, 0) is 17.8 Å². The second-order valence-corrected chi connectivity index (χ2v) is 3.50. The number of benzene rings is 1. The van der Waals surface area contributed by atoms with Gasteiger partial charge in [-0.15, -0.1) is 0 Å². The Kier molecular flexibility index (Phi) is 3.18. The molecule has 1 aromatic carbocycles. The van der Waals surface area contributed by atoms with E-state index in [9.17, 15) is 13.2 Å². The third-order valence-corrected chi connectivity index (χ3v) is 2.43. The van der Waals surface area contributed by atoms with E-state index in [0.717, 1.165) is 0 Å². The molecule has 0 spiro atoms. The fraction of sp³-hybridized carbons (Fsp3) is 0. The van der Waals surface area contributed by atoms with E-state index >= 15 is 0 Å². The first-order valence-corrected chi connectivity index (χ1v) is 4.46. The Balaban J connectivity index is 3.34. The van der Waals surface area contributed by atoms with Crippen LogP contribution in [0.1, 0.15) is 0 Å². The summed E-state index contributed by atoms with van der Waals surface area (Å²) in [4.78, 5) is -0.216. The van der Waals surface area contributed by atoms with Crippen LogP contribution in [0.2, 0.25) is 0 Å². The number of thioether (sulfide) groups is 1. The quantitative estimate of drug-likeness (QED) is 0.314. The Bertz CT molecular complexity index is 388. The molecule has 1 rings (SSSR count). The monoisotopic (exact) mass is 221 g/mol. The zero-order chi connectivity index (χ0) is 10.0. The average Bonchev–Trinajstić information content (AvgIpc) is 2.11. The summed E-state index contributed by atoms with van der Waals surface area (Å²) in [6, 6.07) is 0.659. The number of halogens is 3. The first-order valence-electron chi connectivity index (χ1n) is 3.06. The van der Waals surface area contributed by atoms with Crippen molar-refractivity contribution in [3.8, 4) is 5.40 Å². The standard InChI is InChI=1S/C7H3F3NPS/c8-3-1-4(13-2-11)6(10)7(12)5(3)9/h1H,12H2. The summed E-state index contributed by atoms with van der Waals surface area (Å²) in [6.07, 6.45) is 0. The van der Waals surface area contributed by atoms with Gasteiger partial charge in [-0.25, -0.2) is 13.2 Å². The van der Waals surface area contributed by atoms with Crippen molar-refractivity contribution < 1.29 is 13.2 Å². The summed E-state index contributed by atoms with van der Waals surface area (Å²) < 4.78 is 38.4. The predicted molar refractivity (Wildman–Crippen MR) is 47.1 cm³/mol. The molecule has 68 valence electrons. The van der Waals surface area contributed by atoms with Crippen LogP contribution < -0.4 is 5.30 Å². The molecule has 0 saturated carbocycles. The van der Waals surface area contributed by atoms with Crippen LogP contribution in [0.25, 0.3) is 0 Å². The highest BCUT2D eigenvalue weighted by Crippen LogP contribution is 2.23. The fourth-order valence-corrected chi connectivity index (χ4v) is 1.58. The Labute approximate surface area is 79.1 Å². The normalized spacial score (nSPS) is 9.77. The molecule has 0 heterocycles. The Hall–Kier alpha value is -0.720. The number of thiocyanates is 1. The lowest BCUT2D eigenvalue weighted by Gasteiger charge is -2.02. The number of rotatable bonds is 1. The van der Waals surface area contributed by atoms with E-state index in [4.69, 9.17) is 5.26 Å². The Morgan fingerprint density at radius 1 is 1.31 bits per heavy atom. The molecule has 0 bridgehead atoms. The van der Waals surface area contributed by atoms with Crippen molar-refractivity contribution >= 4 is 26.3 Å². The molecule has 1 nitrogen and oxygen atoms in total. The highest BCUT2D eigenvalue weighted by molar-refractivity contribution is 8.03. The van der Waals surface area contributed by atoms with Gasteiger partial charge in [0.15, 0.2) is 11.6 Å². The van der Waals surface area contributed by atoms with Crippen molar-refractivity contribution in [2.45, 2.75) is 4.90 Å². The van der Waals surface area contributed by atoms with Gasteiger partial charge in [0.1, 0.15) is 11.2 Å². The molecule has 0 N–H and O–H groups in total. The predicted octanol–water partition coefficient (Wildman–Crippen LogP) is 2.18. The van der Waals surface area contributed by atoms with Gasteiger partial charge in [-0.3, -0.25) is 0 Å². The first kappa shape index (κ1) is 10.4. The maximum atomic E-state index is 13.0. The van der Waals surface area contributed by atoms with Gasteiger partial charge in [0.25, 0.3) is 0 Å². The lowest BCUT2D eigenvalue weighted by molar-refractivity contribution is 0.496. The van der Waals surface area contributed by atoms with Gasteiger partial charge in [0.2, 0.25) is 0 Å². The lowest BCUT2D eigenvalue weighted by atomic mass is 10.3. The molecule has 6 heteroatoms. The third-order valence-electron chi connectivity index (χ3n) is 1.31. The van der Waals surface area contributed by atoms with Crippen molar-refractivity contribution in [3.05, 3.63) is 23.5 Å². The molecule has 13 heavy (non-hydrogen) atoms. The minimum absolute atomic E-state index is 0.216. The van der Waals surface area contributed by atoms with Gasteiger partial charge in [-0.2, -0.15) is 5.26 Å². The van der Waals surface area contributed by atoms with Crippen molar-refractivity contribution in [2.24, 2.45) is 0 Å². The molecule has 1 aromatic rings. The molecular weight excluding hydrogens is 218 g/mol. The van der Waals surface area contributed by atoms with Crippen molar-refractivity contribution in [1.29, 1.82) is 5.26 Å². The summed E-state index contributed by atoms with van der Waals surface area (Å²) >= 11 is 0.449. The number of hydrogen-bond acceptors (Lipinski definition) is 2. The van der Waals surface area contributed by atoms with E-state index in [0.29, 0.717) is 17.8 Å². The lowest BCUT2D eigenvalue weighted by Crippen LogP contribution is -2.08. The molecule has 0 fully saturated rings. The average molecular weight is 221 g/mol. The van der Waals surface area contributed by atoms with Gasteiger partial charge >= 0.3 is 0 Å². The summed E-state index contributed by atoms with van der Waals surface area (Å²) in [5.41, 5.74) is 0. The molecule has 0 amide bonds.